The van der Waals surface area contributed by atoms with E-state index < -0.39 is 0 Å². The molecule has 0 saturated carbocycles. The molecule has 0 fully saturated rings. The topological polar surface area (TPSA) is 96.3 Å². The van der Waals surface area contributed by atoms with Crippen LogP contribution < -0.4 is 20.9 Å². The number of benzene rings is 2. The molecule has 27 heavy (non-hydrogen) atoms. The Morgan fingerprint density at radius 3 is 2.37 bits per heavy atom. The van der Waals surface area contributed by atoms with E-state index in [2.05, 4.69) is 23.8 Å². The highest BCUT2D eigenvalue weighted by Gasteiger charge is 2.18. The third-order valence-corrected chi connectivity index (χ3v) is 4.47. The number of anilines is 2. The van der Waals surface area contributed by atoms with E-state index in [1.165, 1.54) is 6.20 Å². The van der Waals surface area contributed by atoms with Crippen molar-refractivity contribution in [3.8, 4) is 28.4 Å². The van der Waals surface area contributed by atoms with E-state index in [4.69, 9.17) is 32.5 Å². The molecule has 0 aliphatic carbocycles. The SMILES string of the molecule is COc1cc(C(C)C)c(Oc2cnc(N)nc2N)cc1-c1ccccc1Cl. The molecule has 7 heteroatoms. The Labute approximate surface area is 163 Å². The summed E-state index contributed by atoms with van der Waals surface area (Å²) in [5.74, 6) is 2.12. The average molecular weight is 385 g/mol. The highest BCUT2D eigenvalue weighted by molar-refractivity contribution is 6.33. The lowest BCUT2D eigenvalue weighted by molar-refractivity contribution is 0.412. The summed E-state index contributed by atoms with van der Waals surface area (Å²) in [4.78, 5) is 7.90. The maximum atomic E-state index is 6.39. The average Bonchev–Trinajstić information content (AvgIpc) is 2.64. The Kier molecular flexibility index (Phi) is 5.37. The second-order valence-electron chi connectivity index (χ2n) is 6.30. The molecule has 0 bridgehead atoms. The van der Waals surface area contributed by atoms with Gasteiger partial charge >= 0.3 is 0 Å². The zero-order chi connectivity index (χ0) is 19.6. The number of nitrogens with two attached hydrogens (primary N) is 2. The molecule has 0 saturated heterocycles. The summed E-state index contributed by atoms with van der Waals surface area (Å²) in [7, 11) is 1.63. The third-order valence-electron chi connectivity index (χ3n) is 4.14. The first-order chi connectivity index (χ1) is 12.9. The molecule has 0 spiro atoms. The smallest absolute Gasteiger partial charge is 0.222 e. The maximum Gasteiger partial charge on any atom is 0.222 e. The Morgan fingerprint density at radius 1 is 1.00 bits per heavy atom. The Balaban J connectivity index is 2.16. The van der Waals surface area contributed by atoms with Crippen LogP contribution in [-0.2, 0) is 0 Å². The number of hydrogen-bond acceptors (Lipinski definition) is 6. The van der Waals surface area contributed by atoms with Crippen LogP contribution in [0.4, 0.5) is 11.8 Å². The molecule has 0 aliphatic rings. The highest BCUT2D eigenvalue weighted by atomic mass is 35.5. The molecule has 0 unspecified atom stereocenters. The first-order valence-electron chi connectivity index (χ1n) is 8.43. The van der Waals surface area contributed by atoms with Gasteiger partial charge in [-0.3, -0.25) is 0 Å². The molecule has 2 aromatic carbocycles. The van der Waals surface area contributed by atoms with E-state index in [1.807, 2.05) is 36.4 Å². The van der Waals surface area contributed by atoms with Gasteiger partial charge in [0.25, 0.3) is 0 Å². The minimum Gasteiger partial charge on any atom is -0.496 e. The monoisotopic (exact) mass is 384 g/mol. The van der Waals surface area contributed by atoms with Gasteiger partial charge in [0.15, 0.2) is 11.6 Å². The van der Waals surface area contributed by atoms with Crippen molar-refractivity contribution in [1.82, 2.24) is 9.97 Å². The number of nitrogens with zero attached hydrogens (tertiary/aromatic N) is 2. The van der Waals surface area contributed by atoms with Crippen molar-refractivity contribution in [1.29, 1.82) is 0 Å². The third kappa shape index (κ3) is 3.90. The lowest BCUT2D eigenvalue weighted by Crippen LogP contribution is -2.03. The van der Waals surface area contributed by atoms with Crippen molar-refractivity contribution in [2.75, 3.05) is 18.6 Å². The second-order valence-corrected chi connectivity index (χ2v) is 6.71. The van der Waals surface area contributed by atoms with Gasteiger partial charge in [-0.1, -0.05) is 43.6 Å². The molecule has 140 valence electrons. The molecule has 1 aromatic heterocycles. The van der Waals surface area contributed by atoms with Crippen molar-refractivity contribution in [3.05, 3.63) is 53.2 Å². The zero-order valence-electron chi connectivity index (χ0n) is 15.4. The first-order valence-corrected chi connectivity index (χ1v) is 8.81. The van der Waals surface area contributed by atoms with Crippen molar-refractivity contribution < 1.29 is 9.47 Å². The second kappa shape index (κ2) is 7.72. The van der Waals surface area contributed by atoms with Gasteiger partial charge in [0.2, 0.25) is 5.95 Å². The molecule has 1 heterocycles. The van der Waals surface area contributed by atoms with Crippen molar-refractivity contribution in [3.63, 3.8) is 0 Å². The molecule has 4 N–H and O–H groups in total. The maximum absolute atomic E-state index is 6.39. The van der Waals surface area contributed by atoms with Crippen LogP contribution in [0.15, 0.2) is 42.6 Å². The van der Waals surface area contributed by atoms with Crippen LogP contribution in [0.1, 0.15) is 25.3 Å². The summed E-state index contributed by atoms with van der Waals surface area (Å²) in [6.07, 6.45) is 1.46. The predicted octanol–water partition coefficient (Wildman–Crippen LogP) is 4.89. The van der Waals surface area contributed by atoms with Gasteiger partial charge < -0.3 is 20.9 Å². The lowest BCUT2D eigenvalue weighted by atomic mass is 9.96. The molecule has 3 aromatic rings. The number of methoxy groups -OCH3 is 1. The van der Waals surface area contributed by atoms with Crippen LogP contribution in [0.2, 0.25) is 5.02 Å². The molecular formula is C20H21ClN4O2. The molecule has 6 nitrogen and oxygen atoms in total. The number of aromatic nitrogens is 2. The predicted molar refractivity (Wildman–Crippen MR) is 108 cm³/mol. The van der Waals surface area contributed by atoms with Crippen LogP contribution in [-0.4, -0.2) is 17.1 Å². The summed E-state index contributed by atoms with van der Waals surface area (Å²) < 4.78 is 11.7. The summed E-state index contributed by atoms with van der Waals surface area (Å²) >= 11 is 6.39. The summed E-state index contributed by atoms with van der Waals surface area (Å²) in [5, 5.41) is 0.620. The molecule has 3 rings (SSSR count). The molecule has 0 atom stereocenters. The van der Waals surface area contributed by atoms with E-state index in [-0.39, 0.29) is 17.7 Å². The van der Waals surface area contributed by atoms with E-state index in [0.29, 0.717) is 22.3 Å². The largest absolute Gasteiger partial charge is 0.496 e. The van der Waals surface area contributed by atoms with E-state index in [9.17, 15) is 0 Å². The van der Waals surface area contributed by atoms with Crippen LogP contribution in [0.3, 0.4) is 0 Å². The number of ether oxygens (including phenoxy) is 2. The van der Waals surface area contributed by atoms with E-state index in [1.54, 1.807) is 7.11 Å². The van der Waals surface area contributed by atoms with Crippen LogP contribution in [0, 0.1) is 0 Å². The van der Waals surface area contributed by atoms with E-state index >= 15 is 0 Å². The van der Waals surface area contributed by atoms with Crippen molar-refractivity contribution in [2.24, 2.45) is 0 Å². The normalized spacial score (nSPS) is 10.9. The van der Waals surface area contributed by atoms with Crippen molar-refractivity contribution in [2.45, 2.75) is 19.8 Å². The van der Waals surface area contributed by atoms with Crippen LogP contribution in [0.5, 0.6) is 17.2 Å². The molecule has 0 amide bonds. The summed E-state index contributed by atoms with van der Waals surface area (Å²) in [6, 6.07) is 11.4. The standard InChI is InChI=1S/C20H21ClN4O2/c1-11(2)13-8-16(26-3)14(12-6-4-5-7-15(12)21)9-17(13)27-18-10-24-20(23)25-19(18)22/h4-11H,1-3H3,(H4,22,23,24,25). The lowest BCUT2D eigenvalue weighted by Gasteiger charge is -2.19. The fraction of sp³-hybridized carbons (Fsp3) is 0.200. The first kappa shape index (κ1) is 18.8. The fourth-order valence-electron chi connectivity index (χ4n) is 2.77. The number of hydrogen-bond donors (Lipinski definition) is 2. The van der Waals surface area contributed by atoms with Gasteiger partial charge in [-0.15, -0.1) is 0 Å². The minimum absolute atomic E-state index is 0.0930. The molecular weight excluding hydrogens is 364 g/mol. The Morgan fingerprint density at radius 2 is 1.74 bits per heavy atom. The molecule has 0 aliphatic heterocycles. The summed E-state index contributed by atoms with van der Waals surface area (Å²) in [5.41, 5.74) is 14.1. The number of halogens is 1. The van der Waals surface area contributed by atoms with Gasteiger partial charge in [-0.05, 0) is 24.1 Å². The minimum atomic E-state index is 0.0930. The Hall–Kier alpha value is -2.99. The van der Waals surface area contributed by atoms with Gasteiger partial charge in [0.1, 0.15) is 11.5 Å². The Bertz CT molecular complexity index is 976. The van der Waals surface area contributed by atoms with Crippen LogP contribution in [0.25, 0.3) is 11.1 Å². The quantitative estimate of drug-likeness (QED) is 0.650. The number of nitrogen functional groups attached to an aromatic ring is 2. The van der Waals surface area contributed by atoms with Crippen LogP contribution >= 0.6 is 11.6 Å². The molecule has 0 radical (unpaired) electrons. The van der Waals surface area contributed by atoms with Crippen molar-refractivity contribution >= 4 is 23.4 Å². The zero-order valence-corrected chi connectivity index (χ0v) is 16.1. The van der Waals surface area contributed by atoms with Gasteiger partial charge in [0.05, 0.1) is 13.3 Å². The van der Waals surface area contributed by atoms with Gasteiger partial charge in [-0.25, -0.2) is 4.98 Å². The highest BCUT2D eigenvalue weighted by Crippen LogP contribution is 2.43. The van der Waals surface area contributed by atoms with Gasteiger partial charge in [-0.2, -0.15) is 4.98 Å². The number of rotatable bonds is 5. The fourth-order valence-corrected chi connectivity index (χ4v) is 3.01. The summed E-state index contributed by atoms with van der Waals surface area (Å²) in [6.45, 7) is 4.14. The van der Waals surface area contributed by atoms with Gasteiger partial charge in [0, 0.05) is 21.7 Å². The van der Waals surface area contributed by atoms with E-state index in [0.717, 1.165) is 16.7 Å².